The van der Waals surface area contributed by atoms with Crippen molar-refractivity contribution >= 4 is 39.1 Å². The molecule has 10 heteroatoms. The van der Waals surface area contributed by atoms with Crippen molar-refractivity contribution in [3.8, 4) is 0 Å². The highest BCUT2D eigenvalue weighted by Gasteiger charge is 2.17. The number of aromatic nitrogens is 1. The molecule has 0 saturated carbocycles. The molecule has 3 aromatic rings. The second-order valence-corrected chi connectivity index (χ2v) is 8.90. The van der Waals surface area contributed by atoms with Crippen LogP contribution in [0.5, 0.6) is 0 Å². The van der Waals surface area contributed by atoms with E-state index >= 15 is 0 Å². The van der Waals surface area contributed by atoms with E-state index in [0.717, 1.165) is 5.56 Å². The van der Waals surface area contributed by atoms with E-state index < -0.39 is 15.9 Å². The van der Waals surface area contributed by atoms with Gasteiger partial charge in [0, 0.05) is 42.5 Å². The summed E-state index contributed by atoms with van der Waals surface area (Å²) in [7, 11) is -3.91. The van der Waals surface area contributed by atoms with Crippen LogP contribution in [0.2, 0.25) is 5.02 Å². The van der Waals surface area contributed by atoms with E-state index in [-0.39, 0.29) is 29.3 Å². The molecule has 3 N–H and O–H groups in total. The third kappa shape index (κ3) is 6.79. The number of benzene rings is 2. The molecule has 0 aliphatic heterocycles. The molecule has 0 bridgehead atoms. The summed E-state index contributed by atoms with van der Waals surface area (Å²) in [6, 6.07) is 15.5. The van der Waals surface area contributed by atoms with Crippen molar-refractivity contribution in [1.82, 2.24) is 15.6 Å². The molecule has 0 atom stereocenters. The lowest BCUT2D eigenvalue weighted by atomic mass is 10.2. The van der Waals surface area contributed by atoms with Gasteiger partial charge in [-0.1, -0.05) is 23.7 Å². The van der Waals surface area contributed by atoms with Crippen LogP contribution in [0.3, 0.4) is 0 Å². The number of nitrogens with one attached hydrogen (secondary N) is 3. The molecule has 2 amide bonds. The van der Waals surface area contributed by atoms with Crippen molar-refractivity contribution in [2.45, 2.75) is 17.9 Å². The van der Waals surface area contributed by atoms with E-state index in [4.69, 9.17) is 11.6 Å². The molecule has 32 heavy (non-hydrogen) atoms. The average Bonchev–Trinajstić information content (AvgIpc) is 2.78. The van der Waals surface area contributed by atoms with Gasteiger partial charge in [-0.2, -0.15) is 0 Å². The average molecular weight is 473 g/mol. The maximum Gasteiger partial charge on any atom is 0.261 e. The molecule has 0 aliphatic carbocycles. The minimum Gasteiger partial charge on any atom is -0.352 e. The Bertz CT molecular complexity index is 1200. The van der Waals surface area contributed by atoms with Gasteiger partial charge in [0.15, 0.2) is 0 Å². The van der Waals surface area contributed by atoms with Gasteiger partial charge in [-0.15, -0.1) is 0 Å². The Morgan fingerprint density at radius 1 is 0.938 bits per heavy atom. The van der Waals surface area contributed by atoms with Crippen molar-refractivity contribution < 1.29 is 18.0 Å². The van der Waals surface area contributed by atoms with E-state index in [1.807, 2.05) is 0 Å². The SMILES string of the molecule is O=C(CCNC(=O)c1cccc(S(=O)(=O)Nc2cccc(Cl)c2)c1)NCc1ccncc1. The van der Waals surface area contributed by atoms with Gasteiger partial charge in [0.1, 0.15) is 0 Å². The first-order valence-corrected chi connectivity index (χ1v) is 11.5. The number of rotatable bonds is 9. The predicted octanol–water partition coefficient (Wildman–Crippen LogP) is 2.97. The first-order valence-electron chi connectivity index (χ1n) is 9.66. The standard InChI is InChI=1S/C22H21ClN4O4S/c23-18-4-2-5-19(14-18)27-32(30,31)20-6-1-3-17(13-20)22(29)25-12-9-21(28)26-15-16-7-10-24-11-8-16/h1-8,10-11,13-14,27H,9,12,15H2,(H,25,29)(H,26,28). The third-order valence-electron chi connectivity index (χ3n) is 4.36. The van der Waals surface area contributed by atoms with Gasteiger partial charge in [-0.05, 0) is 54.1 Å². The van der Waals surface area contributed by atoms with Crippen molar-refractivity contribution in [3.63, 3.8) is 0 Å². The maximum atomic E-state index is 12.6. The third-order valence-corrected chi connectivity index (χ3v) is 5.97. The van der Waals surface area contributed by atoms with Crippen LogP contribution in [0.15, 0.2) is 78.0 Å². The largest absolute Gasteiger partial charge is 0.352 e. The summed E-state index contributed by atoms with van der Waals surface area (Å²) < 4.78 is 27.7. The summed E-state index contributed by atoms with van der Waals surface area (Å²) in [5.74, 6) is -0.698. The zero-order valence-electron chi connectivity index (χ0n) is 16.9. The molecule has 8 nitrogen and oxygen atoms in total. The van der Waals surface area contributed by atoms with Crippen molar-refractivity contribution in [3.05, 3.63) is 89.2 Å². The number of anilines is 1. The lowest BCUT2D eigenvalue weighted by Crippen LogP contribution is -2.30. The maximum absolute atomic E-state index is 12.6. The van der Waals surface area contributed by atoms with Crippen molar-refractivity contribution in [1.29, 1.82) is 0 Å². The fraction of sp³-hybridized carbons (Fsp3) is 0.136. The number of halogens is 1. The van der Waals surface area contributed by atoms with Crippen molar-refractivity contribution in [2.24, 2.45) is 0 Å². The van der Waals surface area contributed by atoms with Crippen molar-refractivity contribution in [2.75, 3.05) is 11.3 Å². The van der Waals surface area contributed by atoms with E-state index in [9.17, 15) is 18.0 Å². The minimum absolute atomic E-state index is 0.0692. The van der Waals surface area contributed by atoms with Crippen LogP contribution in [0.4, 0.5) is 5.69 Å². The zero-order chi connectivity index (χ0) is 23.0. The van der Waals surface area contributed by atoms with Crippen LogP contribution in [0.25, 0.3) is 0 Å². The molecule has 0 aliphatic rings. The Labute approximate surface area is 191 Å². The molecule has 0 spiro atoms. The number of pyridine rings is 1. The predicted molar refractivity (Wildman–Crippen MR) is 122 cm³/mol. The molecule has 1 aromatic heterocycles. The number of carbonyl (C=O) groups excluding carboxylic acids is 2. The molecular formula is C22H21ClN4O4S. The summed E-state index contributed by atoms with van der Waals surface area (Å²) in [5.41, 5.74) is 1.39. The van der Waals surface area contributed by atoms with E-state index in [1.54, 1.807) is 42.7 Å². The highest BCUT2D eigenvalue weighted by molar-refractivity contribution is 7.92. The number of nitrogens with zero attached hydrogens (tertiary/aromatic N) is 1. The van der Waals surface area contributed by atoms with E-state index in [0.29, 0.717) is 17.3 Å². The molecule has 0 radical (unpaired) electrons. The Kier molecular flexibility index (Phi) is 7.80. The van der Waals surface area contributed by atoms with Crippen LogP contribution in [-0.4, -0.2) is 31.8 Å². The number of amides is 2. The number of sulfonamides is 1. The van der Waals surface area contributed by atoms with Gasteiger partial charge in [0.2, 0.25) is 5.91 Å². The summed E-state index contributed by atoms with van der Waals surface area (Å²) in [4.78, 5) is 28.2. The molecule has 0 saturated heterocycles. The van der Waals surface area contributed by atoms with Crippen LogP contribution >= 0.6 is 11.6 Å². The monoisotopic (exact) mass is 472 g/mol. The highest BCUT2D eigenvalue weighted by atomic mass is 35.5. The Morgan fingerprint density at radius 2 is 1.69 bits per heavy atom. The molecule has 1 heterocycles. The molecule has 166 valence electrons. The van der Waals surface area contributed by atoms with Crippen LogP contribution < -0.4 is 15.4 Å². The topological polar surface area (TPSA) is 117 Å². The van der Waals surface area contributed by atoms with Crippen LogP contribution in [0, 0.1) is 0 Å². The van der Waals surface area contributed by atoms with Crippen LogP contribution in [-0.2, 0) is 21.4 Å². The van der Waals surface area contributed by atoms with Gasteiger partial charge in [-0.3, -0.25) is 19.3 Å². The van der Waals surface area contributed by atoms with Gasteiger partial charge in [-0.25, -0.2) is 8.42 Å². The quantitative estimate of drug-likeness (QED) is 0.442. The van der Waals surface area contributed by atoms with E-state index in [2.05, 4.69) is 20.3 Å². The summed E-state index contributed by atoms with van der Waals surface area (Å²) >= 11 is 5.89. The summed E-state index contributed by atoms with van der Waals surface area (Å²) in [5, 5.41) is 5.77. The fourth-order valence-electron chi connectivity index (χ4n) is 2.75. The molecule has 3 rings (SSSR count). The molecular weight excluding hydrogens is 452 g/mol. The summed E-state index contributed by atoms with van der Waals surface area (Å²) in [6.45, 7) is 0.480. The molecule has 2 aromatic carbocycles. The Morgan fingerprint density at radius 3 is 2.44 bits per heavy atom. The first kappa shape index (κ1) is 23.2. The van der Waals surface area contributed by atoms with Gasteiger partial charge in [0.25, 0.3) is 15.9 Å². The first-order chi connectivity index (χ1) is 15.3. The number of carbonyl (C=O) groups is 2. The molecule has 0 unspecified atom stereocenters. The second kappa shape index (κ2) is 10.7. The highest BCUT2D eigenvalue weighted by Crippen LogP contribution is 2.20. The normalized spacial score (nSPS) is 10.9. The smallest absolute Gasteiger partial charge is 0.261 e. The molecule has 0 fully saturated rings. The Balaban J connectivity index is 1.53. The number of hydrogen-bond donors (Lipinski definition) is 3. The van der Waals surface area contributed by atoms with Crippen LogP contribution in [0.1, 0.15) is 22.3 Å². The Hall–Kier alpha value is -3.43. The van der Waals surface area contributed by atoms with Gasteiger partial charge in [0.05, 0.1) is 10.6 Å². The lowest BCUT2D eigenvalue weighted by Gasteiger charge is -2.10. The number of hydrogen-bond acceptors (Lipinski definition) is 5. The van der Waals surface area contributed by atoms with Gasteiger partial charge >= 0.3 is 0 Å². The second-order valence-electron chi connectivity index (χ2n) is 6.78. The lowest BCUT2D eigenvalue weighted by molar-refractivity contribution is -0.121. The summed E-state index contributed by atoms with van der Waals surface area (Å²) in [6.07, 6.45) is 3.37. The van der Waals surface area contributed by atoms with E-state index in [1.165, 1.54) is 30.3 Å². The van der Waals surface area contributed by atoms with Gasteiger partial charge < -0.3 is 10.6 Å². The minimum atomic E-state index is -3.91. The fourth-order valence-corrected chi connectivity index (χ4v) is 4.04. The zero-order valence-corrected chi connectivity index (χ0v) is 18.5.